The number of hydrogen-bond acceptors (Lipinski definition) is 1. The number of rotatable bonds is 15. The van der Waals surface area contributed by atoms with E-state index in [1.165, 1.54) is 70.6 Å². The van der Waals surface area contributed by atoms with Gasteiger partial charge in [0.15, 0.2) is 0 Å². The fourth-order valence-electron chi connectivity index (χ4n) is 3.83. The molecule has 3 heteroatoms. The van der Waals surface area contributed by atoms with E-state index >= 15 is 0 Å². The first-order valence-corrected chi connectivity index (χ1v) is 19.2. The molecule has 0 fully saturated rings. The van der Waals surface area contributed by atoms with Gasteiger partial charge in [-0.3, -0.25) is 0 Å². The molecule has 1 heterocycles. The molecule has 0 atom stereocenters. The fraction of sp³-hybridized carbons (Fsp3) is 0.818. The molecule has 0 spiro atoms. The topological polar surface area (TPSA) is 0 Å². The fourth-order valence-corrected chi connectivity index (χ4v) is 23.9. The van der Waals surface area contributed by atoms with Gasteiger partial charge in [-0.1, -0.05) is 0 Å². The summed E-state index contributed by atoms with van der Waals surface area (Å²) in [4.78, 5) is 0. The Morgan fingerprint density at radius 3 is 1.72 bits per heavy atom. The molecule has 25 heavy (non-hydrogen) atoms. The summed E-state index contributed by atoms with van der Waals surface area (Å²) in [5, 5.41) is 2.52. The molecule has 0 nitrogen and oxygen atoms in total. The summed E-state index contributed by atoms with van der Waals surface area (Å²) in [6, 6.07) is 2.69. The molecular weight excluding hydrogens is 534 g/mol. The van der Waals surface area contributed by atoms with E-state index in [4.69, 9.17) is 0 Å². The van der Waals surface area contributed by atoms with Crippen LogP contribution in [-0.4, -0.2) is 42.3 Å². The molecular formula is C22H46SSn2. The number of thiophene rings is 1. The Morgan fingerprint density at radius 2 is 1.24 bits per heavy atom. The van der Waals surface area contributed by atoms with E-state index in [1.807, 2.05) is 2.89 Å². The average molecular weight is 580 g/mol. The maximum atomic E-state index is 2.69. The molecule has 0 unspecified atom stereocenters. The molecule has 0 saturated heterocycles. The van der Waals surface area contributed by atoms with Gasteiger partial charge in [0.05, 0.1) is 0 Å². The van der Waals surface area contributed by atoms with E-state index in [2.05, 4.69) is 50.5 Å². The van der Waals surface area contributed by atoms with E-state index in [0.717, 1.165) is 0 Å². The van der Waals surface area contributed by atoms with Crippen molar-refractivity contribution in [2.75, 3.05) is 0 Å². The third-order valence-electron chi connectivity index (χ3n) is 5.52. The van der Waals surface area contributed by atoms with Gasteiger partial charge in [0.1, 0.15) is 0 Å². The van der Waals surface area contributed by atoms with Crippen LogP contribution in [0.2, 0.25) is 13.3 Å². The Morgan fingerprint density at radius 1 is 0.720 bits per heavy atom. The maximum absolute atomic E-state index is 2.69. The molecule has 0 aliphatic rings. The van der Waals surface area contributed by atoms with Crippen molar-refractivity contribution in [3.63, 3.8) is 0 Å². The second-order valence-corrected chi connectivity index (χ2v) is 22.8. The SMILES string of the molecule is CCCCCCc1cs[c]([Sn]([CH2]CCC)([CH2]CCC)[CH2]CCC)c1.[SnH4]. The van der Waals surface area contributed by atoms with Gasteiger partial charge in [0, 0.05) is 0 Å². The summed E-state index contributed by atoms with van der Waals surface area (Å²) in [5.74, 6) is 0. The average Bonchev–Trinajstić information content (AvgIpc) is 3.08. The van der Waals surface area contributed by atoms with Crippen LogP contribution in [0.5, 0.6) is 0 Å². The molecule has 0 aromatic carbocycles. The van der Waals surface area contributed by atoms with Crippen molar-refractivity contribution >= 4 is 56.5 Å². The molecule has 0 bridgehead atoms. The zero-order chi connectivity index (χ0) is 17.7. The molecule has 0 N–H and O–H groups in total. The first-order chi connectivity index (χ1) is 11.7. The van der Waals surface area contributed by atoms with Gasteiger partial charge in [-0.05, 0) is 0 Å². The van der Waals surface area contributed by atoms with Gasteiger partial charge < -0.3 is 0 Å². The van der Waals surface area contributed by atoms with Crippen molar-refractivity contribution in [3.05, 3.63) is 17.0 Å². The van der Waals surface area contributed by atoms with Crippen LogP contribution in [-0.2, 0) is 6.42 Å². The molecule has 1 rings (SSSR count). The minimum atomic E-state index is -2.14. The van der Waals surface area contributed by atoms with E-state index in [-0.39, 0.29) is 23.9 Å². The van der Waals surface area contributed by atoms with Gasteiger partial charge in [-0.15, -0.1) is 0 Å². The Hall–Kier alpha value is 1.30. The van der Waals surface area contributed by atoms with Crippen molar-refractivity contribution in [2.24, 2.45) is 0 Å². The van der Waals surface area contributed by atoms with Gasteiger partial charge in [0.25, 0.3) is 0 Å². The first kappa shape index (κ1) is 26.3. The molecule has 1 aromatic rings. The minimum absolute atomic E-state index is 0. The standard InChI is InChI=1S/C10H15S.3C4H9.2Sn.4H/c1-2-3-4-5-6-10-7-8-11-9-10;3*1-3-4-2;;;;;;/h7,9H,2-6H2,1H3;3*1,3-4H2,2H3;;;;;;. The number of unbranched alkanes of at least 4 members (excludes halogenated alkanes) is 6. The van der Waals surface area contributed by atoms with Crippen LogP contribution in [0.25, 0.3) is 0 Å². The normalized spacial score (nSPS) is 11.5. The predicted octanol–water partition coefficient (Wildman–Crippen LogP) is 6.48. The first-order valence-electron chi connectivity index (χ1n) is 10.8. The van der Waals surface area contributed by atoms with Crippen LogP contribution in [0.15, 0.2) is 11.4 Å². The Kier molecular flexibility index (Phi) is 17.1. The molecule has 0 aliphatic carbocycles. The predicted molar refractivity (Wildman–Crippen MR) is 128 cm³/mol. The molecule has 1 aromatic heterocycles. The van der Waals surface area contributed by atoms with E-state index < -0.39 is 18.4 Å². The molecule has 148 valence electrons. The molecule has 0 saturated carbocycles. The van der Waals surface area contributed by atoms with E-state index in [1.54, 1.807) is 18.9 Å². The zero-order valence-electron chi connectivity index (χ0n) is 17.0. The Labute approximate surface area is 183 Å². The molecule has 0 amide bonds. The van der Waals surface area contributed by atoms with Crippen LogP contribution in [0, 0.1) is 0 Å². The van der Waals surface area contributed by atoms with Crippen molar-refractivity contribution in [3.8, 4) is 0 Å². The van der Waals surface area contributed by atoms with Crippen LogP contribution < -0.4 is 2.89 Å². The van der Waals surface area contributed by atoms with Crippen LogP contribution >= 0.6 is 11.3 Å². The van der Waals surface area contributed by atoms with E-state index in [9.17, 15) is 0 Å². The Balaban J connectivity index is 0.00000576. The van der Waals surface area contributed by atoms with Crippen LogP contribution in [0.4, 0.5) is 0 Å². The number of aryl methyl sites for hydroxylation is 1. The second kappa shape index (κ2) is 16.3. The van der Waals surface area contributed by atoms with E-state index in [0.29, 0.717) is 0 Å². The third-order valence-corrected chi connectivity index (χ3v) is 24.8. The Bertz CT molecular complexity index is 392. The summed E-state index contributed by atoms with van der Waals surface area (Å²) in [5.41, 5.74) is 1.66. The van der Waals surface area contributed by atoms with Gasteiger partial charge in [0.2, 0.25) is 0 Å². The number of hydrogen-bond donors (Lipinski definition) is 0. The summed E-state index contributed by atoms with van der Waals surface area (Å²) in [6.45, 7) is 9.44. The van der Waals surface area contributed by atoms with Crippen LogP contribution in [0.1, 0.15) is 97.5 Å². The summed E-state index contributed by atoms with van der Waals surface area (Å²) in [7, 11) is 0. The molecule has 0 radical (unpaired) electrons. The summed E-state index contributed by atoms with van der Waals surface area (Å²) >= 11 is 0.0295. The summed E-state index contributed by atoms with van der Waals surface area (Å²) in [6.07, 6.45) is 15.5. The van der Waals surface area contributed by atoms with Crippen molar-refractivity contribution in [1.29, 1.82) is 0 Å². The third kappa shape index (κ3) is 9.87. The quantitative estimate of drug-likeness (QED) is 0.165. The summed E-state index contributed by atoms with van der Waals surface area (Å²) < 4.78 is 6.76. The van der Waals surface area contributed by atoms with Crippen molar-refractivity contribution in [1.82, 2.24) is 0 Å². The monoisotopic (exact) mass is 582 g/mol. The van der Waals surface area contributed by atoms with Gasteiger partial charge in [-0.25, -0.2) is 0 Å². The van der Waals surface area contributed by atoms with Crippen molar-refractivity contribution in [2.45, 2.75) is 112 Å². The van der Waals surface area contributed by atoms with Crippen molar-refractivity contribution < 1.29 is 0 Å². The van der Waals surface area contributed by atoms with Gasteiger partial charge >= 0.3 is 185 Å². The molecule has 0 aliphatic heterocycles. The van der Waals surface area contributed by atoms with Crippen LogP contribution in [0.3, 0.4) is 0 Å². The second-order valence-electron chi connectivity index (χ2n) is 7.72. The zero-order valence-corrected chi connectivity index (χ0v) is 20.6. The van der Waals surface area contributed by atoms with Gasteiger partial charge in [-0.2, -0.15) is 0 Å².